The van der Waals surface area contributed by atoms with Gasteiger partial charge in [0.25, 0.3) is 5.22 Å². The van der Waals surface area contributed by atoms with Crippen molar-refractivity contribution in [3.8, 4) is 11.5 Å². The fraction of sp³-hybridized carbons (Fsp3) is 0.0588. The zero-order chi connectivity index (χ0) is 17.2. The number of anilines is 1. The fourth-order valence-corrected chi connectivity index (χ4v) is 3.37. The van der Waals surface area contributed by atoms with E-state index in [1.165, 1.54) is 11.8 Å². The van der Waals surface area contributed by atoms with Gasteiger partial charge >= 0.3 is 0 Å². The van der Waals surface area contributed by atoms with Gasteiger partial charge in [0, 0.05) is 15.4 Å². The first-order valence-corrected chi connectivity index (χ1v) is 9.20. The predicted molar refractivity (Wildman–Crippen MR) is 101 cm³/mol. The van der Waals surface area contributed by atoms with E-state index < -0.39 is 0 Å². The van der Waals surface area contributed by atoms with Gasteiger partial charge in [0.05, 0.1) is 11.3 Å². The molecular formula is C17H12BrN5OS. The fourth-order valence-electron chi connectivity index (χ4n) is 2.35. The van der Waals surface area contributed by atoms with Crippen LogP contribution in [0.1, 0.15) is 5.82 Å². The summed E-state index contributed by atoms with van der Waals surface area (Å²) in [4.78, 5) is 8.86. The van der Waals surface area contributed by atoms with Gasteiger partial charge in [-0.2, -0.15) is 0 Å². The number of nitrogens with zero attached hydrogens (tertiary/aromatic N) is 4. The first-order valence-electron chi connectivity index (χ1n) is 7.42. The van der Waals surface area contributed by atoms with Crippen LogP contribution in [0.5, 0.6) is 0 Å². The molecule has 6 nitrogen and oxygen atoms in total. The second-order valence-corrected chi connectivity index (χ2v) is 7.06. The summed E-state index contributed by atoms with van der Waals surface area (Å²) in [5, 5.41) is 9.47. The van der Waals surface area contributed by atoms with Crippen LogP contribution in [0, 0.1) is 0 Å². The van der Waals surface area contributed by atoms with Crippen LogP contribution >= 0.6 is 27.7 Å². The van der Waals surface area contributed by atoms with Crippen LogP contribution < -0.4 is 5.73 Å². The van der Waals surface area contributed by atoms with Crippen LogP contribution in [0.2, 0.25) is 0 Å². The maximum Gasteiger partial charge on any atom is 0.277 e. The molecular weight excluding hydrogens is 402 g/mol. The maximum atomic E-state index is 6.00. The maximum absolute atomic E-state index is 6.00. The highest BCUT2D eigenvalue weighted by Gasteiger charge is 2.11. The standard InChI is InChI=1S/C17H12BrN5OS/c18-11-5-3-4-10(8-11)16-22-23-17(24-16)25-9-14-20-13-7-2-1-6-12(13)15(19)21-14/h1-8H,9H2,(H2,19,20,21). The van der Waals surface area contributed by atoms with Crippen molar-refractivity contribution < 1.29 is 4.42 Å². The van der Waals surface area contributed by atoms with E-state index in [1.807, 2.05) is 48.5 Å². The van der Waals surface area contributed by atoms with Gasteiger partial charge in [-0.15, -0.1) is 10.2 Å². The molecule has 124 valence electrons. The molecule has 0 radical (unpaired) electrons. The summed E-state index contributed by atoms with van der Waals surface area (Å²) in [7, 11) is 0. The van der Waals surface area contributed by atoms with Gasteiger partial charge in [-0.25, -0.2) is 9.97 Å². The summed E-state index contributed by atoms with van der Waals surface area (Å²) in [6.45, 7) is 0. The molecule has 0 spiro atoms. The van der Waals surface area contributed by atoms with Gasteiger partial charge in [0.2, 0.25) is 5.89 Å². The first kappa shape index (κ1) is 16.0. The highest BCUT2D eigenvalue weighted by Crippen LogP contribution is 2.27. The molecule has 0 bridgehead atoms. The van der Waals surface area contributed by atoms with Crippen LogP contribution in [0.4, 0.5) is 5.82 Å². The molecule has 25 heavy (non-hydrogen) atoms. The lowest BCUT2D eigenvalue weighted by Gasteiger charge is -2.03. The molecule has 2 heterocycles. The average molecular weight is 414 g/mol. The quantitative estimate of drug-likeness (QED) is 0.498. The molecule has 0 fully saturated rings. The average Bonchev–Trinajstić information content (AvgIpc) is 3.09. The molecule has 0 saturated carbocycles. The van der Waals surface area contributed by atoms with Crippen molar-refractivity contribution in [1.82, 2.24) is 20.2 Å². The minimum atomic E-state index is 0.463. The van der Waals surface area contributed by atoms with Crippen LogP contribution in [0.3, 0.4) is 0 Å². The van der Waals surface area contributed by atoms with Crippen molar-refractivity contribution >= 4 is 44.4 Å². The van der Waals surface area contributed by atoms with Crippen molar-refractivity contribution in [1.29, 1.82) is 0 Å². The molecule has 0 aliphatic rings. The van der Waals surface area contributed by atoms with Gasteiger partial charge in [-0.1, -0.05) is 45.9 Å². The number of halogens is 1. The summed E-state index contributed by atoms with van der Waals surface area (Å²) in [6, 6.07) is 15.4. The molecule has 0 atom stereocenters. The monoisotopic (exact) mass is 413 g/mol. The van der Waals surface area contributed by atoms with E-state index in [0.29, 0.717) is 28.5 Å². The summed E-state index contributed by atoms with van der Waals surface area (Å²) < 4.78 is 6.65. The van der Waals surface area contributed by atoms with E-state index >= 15 is 0 Å². The molecule has 4 aromatic rings. The van der Waals surface area contributed by atoms with E-state index in [2.05, 4.69) is 36.1 Å². The number of hydrogen-bond acceptors (Lipinski definition) is 7. The molecule has 8 heteroatoms. The second-order valence-electron chi connectivity index (χ2n) is 5.21. The highest BCUT2D eigenvalue weighted by molar-refractivity contribution is 9.10. The molecule has 2 aromatic heterocycles. The van der Waals surface area contributed by atoms with Crippen molar-refractivity contribution in [2.75, 3.05) is 5.73 Å². The van der Waals surface area contributed by atoms with Crippen LogP contribution in [-0.2, 0) is 5.75 Å². The SMILES string of the molecule is Nc1nc(CSc2nnc(-c3cccc(Br)c3)o2)nc2ccccc12. The Morgan fingerprint density at radius 2 is 1.92 bits per heavy atom. The Bertz CT molecular complexity index is 1050. The Kier molecular flexibility index (Phi) is 4.37. The van der Waals surface area contributed by atoms with Gasteiger partial charge < -0.3 is 10.2 Å². The van der Waals surface area contributed by atoms with E-state index in [4.69, 9.17) is 10.2 Å². The Hall–Kier alpha value is -2.45. The third-order valence-corrected chi connectivity index (χ3v) is 4.79. The summed E-state index contributed by atoms with van der Waals surface area (Å²) in [5.41, 5.74) is 7.69. The highest BCUT2D eigenvalue weighted by atomic mass is 79.9. The smallest absolute Gasteiger partial charge is 0.277 e. The summed E-state index contributed by atoms with van der Waals surface area (Å²) in [6.07, 6.45) is 0. The second kappa shape index (κ2) is 6.81. The Balaban J connectivity index is 1.52. The number of aromatic nitrogens is 4. The third kappa shape index (κ3) is 3.49. The lowest BCUT2D eigenvalue weighted by Crippen LogP contribution is -1.99. The molecule has 0 saturated heterocycles. The zero-order valence-corrected chi connectivity index (χ0v) is 15.3. The molecule has 0 amide bonds. The summed E-state index contributed by atoms with van der Waals surface area (Å²) >= 11 is 4.81. The molecule has 2 N–H and O–H groups in total. The number of nitrogens with two attached hydrogens (primary N) is 1. The Morgan fingerprint density at radius 1 is 1.04 bits per heavy atom. The van der Waals surface area contributed by atoms with E-state index in [1.54, 1.807) is 0 Å². The van der Waals surface area contributed by atoms with Gasteiger partial charge in [0.1, 0.15) is 11.6 Å². The Morgan fingerprint density at radius 3 is 2.80 bits per heavy atom. The topological polar surface area (TPSA) is 90.7 Å². The van der Waals surface area contributed by atoms with Gasteiger partial charge in [0.15, 0.2) is 0 Å². The van der Waals surface area contributed by atoms with E-state index in [9.17, 15) is 0 Å². The number of para-hydroxylation sites is 1. The van der Waals surface area contributed by atoms with Crippen molar-refractivity contribution in [3.63, 3.8) is 0 Å². The van der Waals surface area contributed by atoms with Crippen molar-refractivity contribution in [2.24, 2.45) is 0 Å². The summed E-state index contributed by atoms with van der Waals surface area (Å²) in [5.74, 6) is 2.07. The number of benzene rings is 2. The minimum absolute atomic E-state index is 0.463. The van der Waals surface area contributed by atoms with E-state index in [-0.39, 0.29) is 0 Å². The molecule has 4 rings (SSSR count). The normalized spacial score (nSPS) is 11.1. The largest absolute Gasteiger partial charge is 0.411 e. The van der Waals surface area contributed by atoms with Crippen LogP contribution in [0.15, 0.2) is 62.6 Å². The predicted octanol–water partition coefficient (Wildman–Crippen LogP) is 4.32. The molecule has 0 aliphatic carbocycles. The van der Waals surface area contributed by atoms with Crippen LogP contribution in [0.25, 0.3) is 22.4 Å². The third-order valence-electron chi connectivity index (χ3n) is 3.48. The van der Waals surface area contributed by atoms with Gasteiger partial charge in [-0.3, -0.25) is 0 Å². The lowest BCUT2D eigenvalue weighted by atomic mass is 10.2. The molecule has 2 aromatic carbocycles. The number of thioether (sulfide) groups is 1. The number of hydrogen-bond donors (Lipinski definition) is 1. The Labute approximate surface area is 156 Å². The van der Waals surface area contributed by atoms with Gasteiger partial charge in [-0.05, 0) is 30.3 Å². The molecule has 0 aliphatic heterocycles. The lowest BCUT2D eigenvalue weighted by molar-refractivity contribution is 0.465. The molecule has 0 unspecified atom stereocenters. The van der Waals surface area contributed by atoms with Crippen molar-refractivity contribution in [2.45, 2.75) is 11.0 Å². The first-order chi connectivity index (χ1) is 12.2. The minimum Gasteiger partial charge on any atom is -0.411 e. The number of fused-ring (bicyclic) bond motifs is 1. The zero-order valence-electron chi connectivity index (χ0n) is 12.9. The number of nitrogen functional groups attached to an aromatic ring is 1. The van der Waals surface area contributed by atoms with Crippen LogP contribution in [-0.4, -0.2) is 20.2 Å². The van der Waals surface area contributed by atoms with Crippen molar-refractivity contribution in [3.05, 3.63) is 58.8 Å². The number of rotatable bonds is 4. The van der Waals surface area contributed by atoms with E-state index in [0.717, 1.165) is 20.9 Å².